The van der Waals surface area contributed by atoms with Gasteiger partial charge in [0.2, 0.25) is 0 Å². The molecule has 1 aromatic carbocycles. The third-order valence-corrected chi connectivity index (χ3v) is 1.91. The van der Waals surface area contributed by atoms with E-state index in [9.17, 15) is 4.79 Å². The Labute approximate surface area is 69.7 Å². The van der Waals surface area contributed by atoms with Crippen LogP contribution in [-0.2, 0) is 23.2 Å². The van der Waals surface area contributed by atoms with Gasteiger partial charge >= 0.3 is 69.4 Å². The zero-order chi connectivity index (χ0) is 7.40. The Bertz CT molecular complexity index is 241. The maximum absolute atomic E-state index is 10.3. The molecule has 0 saturated heterocycles. The minimum absolute atomic E-state index is 0.748. The molecule has 0 spiro atoms. The molecule has 0 fully saturated rings. The first-order valence-electron chi connectivity index (χ1n) is 2.87. The number of benzene rings is 1. The van der Waals surface area contributed by atoms with Crippen molar-refractivity contribution in [3.8, 4) is 0 Å². The van der Waals surface area contributed by atoms with Gasteiger partial charge in [-0.25, -0.2) is 0 Å². The molecule has 0 unspecified atom stereocenters. The van der Waals surface area contributed by atoms with Crippen molar-refractivity contribution < 1.29 is 23.2 Å². The summed E-state index contributed by atoms with van der Waals surface area (Å²) in [5.41, 5.74) is 0.984. The van der Waals surface area contributed by atoms with Crippen LogP contribution in [0, 0.1) is 0 Å². The van der Waals surface area contributed by atoms with Crippen molar-refractivity contribution in [1.29, 1.82) is 0 Å². The Morgan fingerprint density at radius 2 is 1.90 bits per heavy atom. The van der Waals surface area contributed by atoms with Gasteiger partial charge in [0.15, 0.2) is 0 Å². The van der Waals surface area contributed by atoms with Gasteiger partial charge in [-0.15, -0.1) is 0 Å². The van der Waals surface area contributed by atoms with Gasteiger partial charge in [0.25, 0.3) is 0 Å². The number of hydrogen-bond donors (Lipinski definition) is 0. The summed E-state index contributed by atoms with van der Waals surface area (Å²) in [7, 11) is 0. The van der Waals surface area contributed by atoms with Gasteiger partial charge in [-0.2, -0.15) is 0 Å². The van der Waals surface area contributed by atoms with Crippen LogP contribution in [0.3, 0.4) is 0 Å². The zero-order valence-electron chi connectivity index (χ0n) is 5.25. The van der Waals surface area contributed by atoms with Gasteiger partial charge in [0, 0.05) is 0 Å². The van der Waals surface area contributed by atoms with E-state index in [-0.39, 0.29) is 0 Å². The van der Waals surface area contributed by atoms with Gasteiger partial charge in [-0.1, -0.05) is 0 Å². The summed E-state index contributed by atoms with van der Waals surface area (Å²) in [6.45, 7) is 0. The molecule has 0 radical (unpaired) electrons. The molecule has 0 saturated carbocycles. The monoisotopic (exact) mass is 215 g/mol. The topological polar surface area (TPSA) is 17.1 Å². The second-order valence-electron chi connectivity index (χ2n) is 1.83. The van der Waals surface area contributed by atoms with Crippen molar-refractivity contribution in [2.45, 2.75) is 0 Å². The molecule has 1 nitrogen and oxygen atoms in total. The number of carbonyl (C=O) groups is 1. The van der Waals surface area contributed by atoms with Crippen LogP contribution in [0.2, 0.25) is 0 Å². The Kier molecular flexibility index (Phi) is 2.67. The Hall–Kier alpha value is -0.591. The third kappa shape index (κ3) is 1.69. The van der Waals surface area contributed by atoms with Crippen LogP contribution in [0.25, 0.3) is 0 Å². The second-order valence-corrected chi connectivity index (χ2v) is 2.83. The van der Waals surface area contributed by atoms with Crippen LogP contribution >= 0.6 is 0 Å². The number of hydrogen-bond acceptors (Lipinski definition) is 1. The van der Waals surface area contributed by atoms with Crippen LogP contribution in [0.4, 0.5) is 0 Å². The average molecular weight is 216 g/mol. The summed E-state index contributed by atoms with van der Waals surface area (Å²) in [5, 5.41) is 0. The molecule has 1 rings (SSSR count). The van der Waals surface area contributed by atoms with Crippen LogP contribution < -0.4 is 0 Å². The first-order valence-corrected chi connectivity index (χ1v) is 3.80. The van der Waals surface area contributed by atoms with Gasteiger partial charge in [-0.3, -0.25) is 0 Å². The Balaban J connectivity index is 2.95. The van der Waals surface area contributed by atoms with Gasteiger partial charge in [-0.05, 0) is 0 Å². The fourth-order valence-corrected chi connectivity index (χ4v) is 0.975. The van der Waals surface area contributed by atoms with Crippen LogP contribution in [-0.4, -0.2) is 10.3 Å². The predicted octanol–water partition coefficient (Wildman–Crippen LogP) is 0.953. The summed E-state index contributed by atoms with van der Waals surface area (Å²) in [6, 6.07) is 9.58. The molecule has 0 heterocycles. The molecule has 0 amide bonds. The molecule has 2 heteroatoms. The van der Waals surface area contributed by atoms with Crippen molar-refractivity contribution in [2.24, 2.45) is 0 Å². The quantitative estimate of drug-likeness (QED) is 0.673. The Morgan fingerprint density at radius 1 is 1.30 bits per heavy atom. The van der Waals surface area contributed by atoms with E-state index >= 15 is 0 Å². The average Bonchev–Trinajstić information content (AvgIpc) is 2.05. The summed E-state index contributed by atoms with van der Waals surface area (Å²) in [4.78, 5) is 10.3. The summed E-state index contributed by atoms with van der Waals surface area (Å²) in [5.74, 6) is 0. The molecule has 10 heavy (non-hydrogen) atoms. The van der Waals surface area contributed by atoms with Gasteiger partial charge < -0.3 is 0 Å². The van der Waals surface area contributed by atoms with E-state index in [4.69, 9.17) is 0 Å². The van der Waals surface area contributed by atoms with E-state index in [0.29, 0.717) is 0 Å². The van der Waals surface area contributed by atoms with Gasteiger partial charge in [0.05, 0.1) is 0 Å². The van der Waals surface area contributed by atoms with Crippen LogP contribution in [0.5, 0.6) is 0 Å². The van der Waals surface area contributed by atoms with Crippen LogP contribution in [0.15, 0.2) is 30.3 Å². The minimum atomic E-state index is 0.748. The predicted molar refractivity (Wildman–Crippen MR) is 36.6 cm³/mol. The first-order chi connectivity index (χ1) is 4.84. The maximum atomic E-state index is 10.3. The zero-order valence-corrected chi connectivity index (χ0v) is 7.11. The molecule has 1 aromatic rings. The van der Waals surface area contributed by atoms with E-state index < -0.39 is 0 Å². The fourth-order valence-electron chi connectivity index (χ4n) is 0.665. The van der Waals surface area contributed by atoms with Crippen LogP contribution in [0.1, 0.15) is 5.56 Å². The second kappa shape index (κ2) is 3.55. The molecule has 0 aliphatic heterocycles. The molecule has 0 bridgehead atoms. The summed E-state index contributed by atoms with van der Waals surface area (Å²) >= 11 is 2.02. The molecule has 0 aliphatic rings. The Morgan fingerprint density at radius 3 is 2.40 bits per heavy atom. The van der Waals surface area contributed by atoms with Crippen molar-refractivity contribution >= 4 is 10.3 Å². The molecule has 0 N–H and O–H groups in total. The third-order valence-electron chi connectivity index (χ3n) is 1.15. The summed E-state index contributed by atoms with van der Waals surface area (Å²) < 4.78 is 0.748. The molecular weight excluding hydrogens is 210 g/mol. The number of carbonyl (C=O) groups excluding carboxylic acids is 1. The fraction of sp³-hybridized carbons (Fsp3) is 0. The van der Waals surface area contributed by atoms with Crippen molar-refractivity contribution in [2.75, 3.05) is 0 Å². The van der Waals surface area contributed by atoms with Crippen molar-refractivity contribution in [3.05, 3.63) is 35.9 Å². The van der Waals surface area contributed by atoms with E-state index in [1.165, 1.54) is 0 Å². The molecular formula is C8H6OTc+2. The normalized spacial score (nSPS) is 8.70. The molecule has 0 aliphatic carbocycles. The van der Waals surface area contributed by atoms with E-state index in [2.05, 4.69) is 0 Å². The van der Waals surface area contributed by atoms with E-state index in [0.717, 1.165) is 15.9 Å². The van der Waals surface area contributed by atoms with Crippen molar-refractivity contribution in [3.63, 3.8) is 0 Å². The number of aldehydes is 1. The molecule has 0 atom stereocenters. The standard InChI is InChI=1S/C8H6O.Tc/c9-7-6-8-4-2-1-3-5-8;/h1-5,7H;/q;+2. The van der Waals surface area contributed by atoms with E-state index in [1.807, 2.05) is 48.8 Å². The first kappa shape index (κ1) is 7.52. The SMILES string of the molecule is O=C[C](=[Tc+2])c1ccccc1. The molecule has 49 valence electrons. The molecule has 0 aromatic heterocycles. The number of rotatable bonds is 2. The summed E-state index contributed by atoms with van der Waals surface area (Å²) in [6.07, 6.45) is 0.857. The van der Waals surface area contributed by atoms with E-state index in [1.54, 1.807) is 0 Å². The van der Waals surface area contributed by atoms with Crippen molar-refractivity contribution in [1.82, 2.24) is 0 Å². The van der Waals surface area contributed by atoms with Gasteiger partial charge in [0.1, 0.15) is 0 Å².